The van der Waals surface area contributed by atoms with Gasteiger partial charge in [-0.1, -0.05) is 0 Å². The van der Waals surface area contributed by atoms with Crippen LogP contribution in [0.3, 0.4) is 0 Å². The number of hydrogen-bond donors (Lipinski definition) is 0. The van der Waals surface area contributed by atoms with Crippen molar-refractivity contribution in [3.63, 3.8) is 0 Å². The summed E-state index contributed by atoms with van der Waals surface area (Å²) >= 11 is 0. The summed E-state index contributed by atoms with van der Waals surface area (Å²) in [7, 11) is 0. The van der Waals surface area contributed by atoms with Crippen LogP contribution in [0, 0.1) is 0 Å². The van der Waals surface area contributed by atoms with Crippen LogP contribution in [0.2, 0.25) is 0 Å². The quantitative estimate of drug-likeness (QED) is 0.508. The average Bonchev–Trinajstić information content (AvgIpc) is 2.74. The van der Waals surface area contributed by atoms with Gasteiger partial charge in [0.15, 0.2) is 0 Å². The van der Waals surface area contributed by atoms with Crippen LogP contribution in [0.1, 0.15) is 26.7 Å². The van der Waals surface area contributed by atoms with Gasteiger partial charge >= 0.3 is 0 Å². The van der Waals surface area contributed by atoms with Gasteiger partial charge in [-0.2, -0.15) is 19.6 Å². The van der Waals surface area contributed by atoms with Crippen LogP contribution in [0.25, 0.3) is 0 Å². The summed E-state index contributed by atoms with van der Waals surface area (Å²) in [4.78, 5) is 29.5. The molecule has 2 saturated heterocycles. The molecule has 2 atom stereocenters. The van der Waals surface area contributed by atoms with Gasteiger partial charge in [-0.05, 0) is 13.8 Å². The lowest BCUT2D eigenvalue weighted by Gasteiger charge is -2.25. The Balaban J connectivity index is 1.80. The van der Waals surface area contributed by atoms with Crippen molar-refractivity contribution in [3.8, 4) is 0 Å². The van der Waals surface area contributed by atoms with E-state index in [9.17, 15) is 0 Å². The summed E-state index contributed by atoms with van der Waals surface area (Å²) in [5, 5.41) is 0. The standard InChI is InChI=1S/C8H14O6/c1-7(3-5-9-11-7)13-14-8(2)4-6-10-12-8/h3-6H2,1-2H3. The molecule has 2 heterocycles. The Labute approximate surface area is 81.8 Å². The summed E-state index contributed by atoms with van der Waals surface area (Å²) in [5.41, 5.74) is 0. The van der Waals surface area contributed by atoms with E-state index in [0.717, 1.165) is 0 Å². The molecule has 2 aliphatic heterocycles. The third-order valence-electron chi connectivity index (χ3n) is 2.14. The van der Waals surface area contributed by atoms with Crippen molar-refractivity contribution in [1.29, 1.82) is 0 Å². The Morgan fingerprint density at radius 1 is 0.857 bits per heavy atom. The maximum absolute atomic E-state index is 5.13. The molecule has 0 aromatic heterocycles. The van der Waals surface area contributed by atoms with Crippen molar-refractivity contribution in [2.75, 3.05) is 13.2 Å². The molecule has 0 bridgehead atoms. The molecule has 14 heavy (non-hydrogen) atoms. The molecule has 2 aliphatic rings. The van der Waals surface area contributed by atoms with Gasteiger partial charge in [0.25, 0.3) is 0 Å². The second-order valence-electron chi connectivity index (χ2n) is 3.74. The van der Waals surface area contributed by atoms with E-state index < -0.39 is 11.6 Å². The van der Waals surface area contributed by atoms with E-state index in [2.05, 4.69) is 0 Å². The highest BCUT2D eigenvalue weighted by Crippen LogP contribution is 2.30. The van der Waals surface area contributed by atoms with E-state index in [0.29, 0.717) is 26.1 Å². The lowest BCUT2D eigenvalue weighted by Crippen LogP contribution is -2.35. The summed E-state index contributed by atoms with van der Waals surface area (Å²) < 4.78 is 0. The topological polar surface area (TPSA) is 55.4 Å². The highest BCUT2D eigenvalue weighted by molar-refractivity contribution is 4.65. The van der Waals surface area contributed by atoms with Crippen molar-refractivity contribution in [2.24, 2.45) is 0 Å². The third-order valence-corrected chi connectivity index (χ3v) is 2.14. The fraction of sp³-hybridized carbons (Fsp3) is 1.00. The van der Waals surface area contributed by atoms with Crippen molar-refractivity contribution >= 4 is 0 Å². The molecule has 0 aliphatic carbocycles. The van der Waals surface area contributed by atoms with Crippen LogP contribution in [0.15, 0.2) is 0 Å². The van der Waals surface area contributed by atoms with Crippen LogP contribution < -0.4 is 0 Å². The van der Waals surface area contributed by atoms with E-state index in [1.807, 2.05) is 0 Å². The minimum atomic E-state index is -0.852. The Morgan fingerprint density at radius 3 is 1.57 bits per heavy atom. The van der Waals surface area contributed by atoms with Crippen molar-refractivity contribution in [2.45, 2.75) is 38.3 Å². The predicted octanol–water partition coefficient (Wildman–Crippen LogP) is 1.07. The molecule has 0 radical (unpaired) electrons. The van der Waals surface area contributed by atoms with E-state index in [-0.39, 0.29) is 0 Å². The van der Waals surface area contributed by atoms with Crippen molar-refractivity contribution in [3.05, 3.63) is 0 Å². The largest absolute Gasteiger partial charge is 0.233 e. The first kappa shape index (κ1) is 10.3. The molecular weight excluding hydrogens is 192 g/mol. The highest BCUT2D eigenvalue weighted by atomic mass is 17.4. The van der Waals surface area contributed by atoms with Crippen LogP contribution in [-0.4, -0.2) is 24.8 Å². The summed E-state index contributed by atoms with van der Waals surface area (Å²) in [6.07, 6.45) is 1.23. The van der Waals surface area contributed by atoms with Gasteiger partial charge in [0.2, 0.25) is 11.6 Å². The zero-order valence-corrected chi connectivity index (χ0v) is 8.28. The summed E-state index contributed by atoms with van der Waals surface area (Å²) in [6, 6.07) is 0. The number of rotatable bonds is 3. The second kappa shape index (κ2) is 3.73. The minimum Gasteiger partial charge on any atom is -0.233 e. The Kier molecular flexibility index (Phi) is 2.74. The van der Waals surface area contributed by atoms with Crippen molar-refractivity contribution < 1.29 is 29.3 Å². The van der Waals surface area contributed by atoms with Gasteiger partial charge in [-0.15, -0.1) is 0 Å². The van der Waals surface area contributed by atoms with E-state index >= 15 is 0 Å². The lowest BCUT2D eigenvalue weighted by atomic mass is 10.2. The summed E-state index contributed by atoms with van der Waals surface area (Å²) in [6.45, 7) is 4.46. The van der Waals surface area contributed by atoms with Gasteiger partial charge in [0.1, 0.15) is 0 Å². The fourth-order valence-electron chi connectivity index (χ4n) is 1.16. The molecule has 6 nitrogen and oxygen atoms in total. The molecule has 82 valence electrons. The second-order valence-corrected chi connectivity index (χ2v) is 3.74. The van der Waals surface area contributed by atoms with E-state index in [4.69, 9.17) is 29.3 Å². The normalized spacial score (nSPS) is 43.3. The highest BCUT2D eigenvalue weighted by Gasteiger charge is 2.41. The van der Waals surface area contributed by atoms with Gasteiger partial charge < -0.3 is 0 Å². The number of hydrogen-bond acceptors (Lipinski definition) is 6. The average molecular weight is 206 g/mol. The third kappa shape index (κ3) is 2.22. The molecule has 2 fully saturated rings. The zero-order chi connectivity index (χ0) is 10.1. The van der Waals surface area contributed by atoms with Crippen LogP contribution >= 0.6 is 0 Å². The molecule has 2 rings (SSSR count). The lowest BCUT2D eigenvalue weighted by molar-refractivity contribution is -0.542. The van der Waals surface area contributed by atoms with Gasteiger partial charge in [-0.3, -0.25) is 0 Å². The fourth-order valence-corrected chi connectivity index (χ4v) is 1.16. The first-order valence-corrected chi connectivity index (χ1v) is 4.60. The van der Waals surface area contributed by atoms with Gasteiger partial charge in [0, 0.05) is 12.8 Å². The molecule has 0 aromatic carbocycles. The smallest absolute Gasteiger partial charge is 0.233 e. The first-order valence-electron chi connectivity index (χ1n) is 4.60. The zero-order valence-electron chi connectivity index (χ0n) is 8.28. The van der Waals surface area contributed by atoms with Crippen LogP contribution in [0.4, 0.5) is 0 Å². The first-order chi connectivity index (χ1) is 6.62. The maximum Gasteiger partial charge on any atom is 0.233 e. The van der Waals surface area contributed by atoms with Crippen LogP contribution in [-0.2, 0) is 29.3 Å². The SMILES string of the molecule is CC1(OOC2(C)CCOO2)CCOO1. The Morgan fingerprint density at radius 2 is 1.29 bits per heavy atom. The molecule has 0 N–H and O–H groups in total. The van der Waals surface area contributed by atoms with E-state index in [1.54, 1.807) is 13.8 Å². The molecule has 0 amide bonds. The van der Waals surface area contributed by atoms with E-state index in [1.165, 1.54) is 0 Å². The predicted molar refractivity (Wildman–Crippen MR) is 42.3 cm³/mol. The molecule has 0 saturated carbocycles. The molecular formula is C8H14O6. The van der Waals surface area contributed by atoms with Crippen molar-refractivity contribution in [1.82, 2.24) is 0 Å². The minimum absolute atomic E-state index is 0.494. The Bertz CT molecular complexity index is 172. The van der Waals surface area contributed by atoms with Crippen LogP contribution in [0.5, 0.6) is 0 Å². The van der Waals surface area contributed by atoms with Gasteiger partial charge in [0.05, 0.1) is 13.2 Å². The molecule has 6 heteroatoms. The Hall–Kier alpha value is -0.240. The monoisotopic (exact) mass is 206 g/mol. The molecule has 2 unspecified atom stereocenters. The molecule has 0 spiro atoms. The maximum atomic E-state index is 5.13. The van der Waals surface area contributed by atoms with Gasteiger partial charge in [-0.25, -0.2) is 9.78 Å². The summed E-state index contributed by atoms with van der Waals surface area (Å²) in [5.74, 6) is -1.70. The molecule has 0 aromatic rings.